The first-order chi connectivity index (χ1) is 8.26. The largest absolute Gasteiger partial charge is 0.464 e. The molecule has 1 aromatic rings. The Morgan fingerprint density at radius 1 is 1.71 bits per heavy atom. The second kappa shape index (κ2) is 5.14. The van der Waals surface area contributed by atoms with Gasteiger partial charge in [-0.25, -0.2) is 9.78 Å². The topological polar surface area (TPSA) is 62.7 Å². The van der Waals surface area contributed by atoms with Crippen LogP contribution in [0.1, 0.15) is 23.3 Å². The van der Waals surface area contributed by atoms with E-state index in [2.05, 4.69) is 14.6 Å². The van der Waals surface area contributed by atoms with Gasteiger partial charge in [0.1, 0.15) is 5.69 Å². The second-order valence-electron chi connectivity index (χ2n) is 4.06. The molecule has 0 aliphatic carbocycles. The number of rotatable bonds is 3. The Morgan fingerprint density at radius 2 is 2.53 bits per heavy atom. The molecule has 1 aromatic heterocycles. The Morgan fingerprint density at radius 3 is 3.24 bits per heavy atom. The lowest BCUT2D eigenvalue weighted by Crippen LogP contribution is -2.32. The SMILES string of the molecule is COC(=O)c1cc(N2CCCC2CO)ccn1. The lowest BCUT2D eigenvalue weighted by molar-refractivity contribution is 0.0594. The average Bonchev–Trinajstić information content (AvgIpc) is 2.86. The summed E-state index contributed by atoms with van der Waals surface area (Å²) in [5.41, 5.74) is 1.21. The van der Waals surface area contributed by atoms with E-state index >= 15 is 0 Å². The van der Waals surface area contributed by atoms with E-state index in [9.17, 15) is 9.90 Å². The quantitative estimate of drug-likeness (QED) is 0.787. The Bertz CT molecular complexity index is 408. The van der Waals surface area contributed by atoms with Gasteiger partial charge in [-0.15, -0.1) is 0 Å². The first-order valence-corrected chi connectivity index (χ1v) is 5.68. The van der Waals surface area contributed by atoms with Gasteiger partial charge < -0.3 is 14.7 Å². The lowest BCUT2D eigenvalue weighted by Gasteiger charge is -2.25. The van der Waals surface area contributed by atoms with Crippen molar-refractivity contribution in [1.29, 1.82) is 0 Å². The maximum atomic E-state index is 11.4. The van der Waals surface area contributed by atoms with Crippen molar-refractivity contribution < 1.29 is 14.6 Å². The number of nitrogens with zero attached hydrogens (tertiary/aromatic N) is 2. The zero-order valence-corrected chi connectivity index (χ0v) is 9.80. The molecule has 1 unspecified atom stereocenters. The zero-order chi connectivity index (χ0) is 12.3. The van der Waals surface area contributed by atoms with Crippen molar-refractivity contribution in [3.05, 3.63) is 24.0 Å². The molecule has 2 rings (SSSR count). The molecule has 17 heavy (non-hydrogen) atoms. The smallest absolute Gasteiger partial charge is 0.356 e. The van der Waals surface area contributed by atoms with E-state index < -0.39 is 5.97 Å². The molecule has 1 saturated heterocycles. The summed E-state index contributed by atoms with van der Waals surface area (Å²) in [7, 11) is 1.34. The molecule has 1 fully saturated rings. The number of aromatic nitrogens is 1. The summed E-state index contributed by atoms with van der Waals surface area (Å²) in [6.45, 7) is 1.03. The summed E-state index contributed by atoms with van der Waals surface area (Å²) < 4.78 is 4.64. The van der Waals surface area contributed by atoms with Gasteiger partial charge in [-0.2, -0.15) is 0 Å². The van der Waals surface area contributed by atoms with Crippen LogP contribution in [-0.4, -0.2) is 42.4 Å². The highest BCUT2D eigenvalue weighted by Crippen LogP contribution is 2.25. The number of carbonyl (C=O) groups is 1. The van der Waals surface area contributed by atoms with Crippen LogP contribution in [0.4, 0.5) is 5.69 Å². The van der Waals surface area contributed by atoms with Crippen LogP contribution in [0.15, 0.2) is 18.3 Å². The summed E-state index contributed by atoms with van der Waals surface area (Å²) in [5.74, 6) is -0.438. The highest BCUT2D eigenvalue weighted by molar-refractivity contribution is 5.88. The summed E-state index contributed by atoms with van der Waals surface area (Å²) in [4.78, 5) is 17.5. The second-order valence-corrected chi connectivity index (χ2v) is 4.06. The molecule has 92 valence electrons. The molecule has 0 saturated carbocycles. The number of aliphatic hydroxyl groups excluding tert-OH is 1. The van der Waals surface area contributed by atoms with Crippen molar-refractivity contribution in [2.75, 3.05) is 25.2 Å². The highest BCUT2D eigenvalue weighted by atomic mass is 16.5. The number of aliphatic hydroxyl groups is 1. The fraction of sp³-hybridized carbons (Fsp3) is 0.500. The molecule has 1 atom stereocenters. The van der Waals surface area contributed by atoms with Gasteiger partial charge in [0.25, 0.3) is 0 Å². The van der Waals surface area contributed by atoms with Crippen LogP contribution in [0.3, 0.4) is 0 Å². The molecule has 0 radical (unpaired) electrons. The number of hydrogen-bond acceptors (Lipinski definition) is 5. The normalized spacial score (nSPS) is 19.4. The van der Waals surface area contributed by atoms with Gasteiger partial charge in [-0.1, -0.05) is 0 Å². The van der Waals surface area contributed by atoms with E-state index in [0.717, 1.165) is 25.1 Å². The van der Waals surface area contributed by atoms with E-state index in [0.29, 0.717) is 5.69 Å². The Kier molecular flexibility index (Phi) is 3.58. The number of methoxy groups -OCH3 is 1. The van der Waals surface area contributed by atoms with E-state index in [1.165, 1.54) is 7.11 Å². The zero-order valence-electron chi connectivity index (χ0n) is 9.80. The van der Waals surface area contributed by atoms with Crippen LogP contribution in [0.2, 0.25) is 0 Å². The van der Waals surface area contributed by atoms with Gasteiger partial charge in [0, 0.05) is 18.4 Å². The van der Waals surface area contributed by atoms with Gasteiger partial charge in [-0.3, -0.25) is 0 Å². The van der Waals surface area contributed by atoms with Crippen molar-refractivity contribution in [1.82, 2.24) is 4.98 Å². The first-order valence-electron chi connectivity index (χ1n) is 5.68. The molecule has 5 heteroatoms. The summed E-state index contributed by atoms with van der Waals surface area (Å²) in [5, 5.41) is 9.27. The molecule has 0 spiro atoms. The fourth-order valence-electron chi connectivity index (χ4n) is 2.18. The minimum atomic E-state index is -0.438. The number of pyridine rings is 1. The molecular formula is C12H16N2O3. The Labute approximate surface area is 100 Å². The molecule has 5 nitrogen and oxygen atoms in total. The predicted molar refractivity (Wildman–Crippen MR) is 63.0 cm³/mol. The van der Waals surface area contributed by atoms with E-state index in [-0.39, 0.29) is 12.6 Å². The van der Waals surface area contributed by atoms with Crippen LogP contribution in [-0.2, 0) is 4.74 Å². The maximum Gasteiger partial charge on any atom is 0.356 e. The third-order valence-electron chi connectivity index (χ3n) is 3.06. The summed E-state index contributed by atoms with van der Waals surface area (Å²) in [6, 6.07) is 3.70. The van der Waals surface area contributed by atoms with Crippen LogP contribution >= 0.6 is 0 Å². The van der Waals surface area contributed by atoms with Crippen LogP contribution < -0.4 is 4.90 Å². The van der Waals surface area contributed by atoms with Crippen molar-refractivity contribution in [3.63, 3.8) is 0 Å². The van der Waals surface area contributed by atoms with E-state index in [4.69, 9.17) is 0 Å². The number of esters is 1. The van der Waals surface area contributed by atoms with Crippen molar-refractivity contribution in [2.24, 2.45) is 0 Å². The molecular weight excluding hydrogens is 220 g/mol. The van der Waals surface area contributed by atoms with Gasteiger partial charge >= 0.3 is 5.97 Å². The molecule has 1 aliphatic rings. The highest BCUT2D eigenvalue weighted by Gasteiger charge is 2.24. The molecule has 2 heterocycles. The first kappa shape index (κ1) is 11.9. The summed E-state index contributed by atoms with van der Waals surface area (Å²) in [6.07, 6.45) is 3.63. The van der Waals surface area contributed by atoms with Crippen molar-refractivity contribution in [2.45, 2.75) is 18.9 Å². The monoisotopic (exact) mass is 236 g/mol. The fourth-order valence-corrected chi connectivity index (χ4v) is 2.18. The number of anilines is 1. The van der Waals surface area contributed by atoms with Crippen molar-refractivity contribution in [3.8, 4) is 0 Å². The number of hydrogen-bond donors (Lipinski definition) is 1. The minimum Gasteiger partial charge on any atom is -0.464 e. The van der Waals surface area contributed by atoms with Crippen molar-refractivity contribution >= 4 is 11.7 Å². The molecule has 0 bridgehead atoms. The van der Waals surface area contributed by atoms with E-state index in [1.807, 2.05) is 6.07 Å². The van der Waals surface area contributed by atoms with Gasteiger partial charge in [0.2, 0.25) is 0 Å². The molecule has 0 aromatic carbocycles. The van der Waals surface area contributed by atoms with Gasteiger partial charge in [0.05, 0.1) is 19.8 Å². The molecule has 0 amide bonds. The molecule has 1 aliphatic heterocycles. The third-order valence-corrected chi connectivity index (χ3v) is 3.06. The number of carbonyl (C=O) groups excluding carboxylic acids is 1. The summed E-state index contributed by atoms with van der Waals surface area (Å²) >= 11 is 0. The van der Waals surface area contributed by atoms with Crippen LogP contribution in [0.25, 0.3) is 0 Å². The van der Waals surface area contributed by atoms with Crippen LogP contribution in [0.5, 0.6) is 0 Å². The third kappa shape index (κ3) is 2.39. The Hall–Kier alpha value is -1.62. The van der Waals surface area contributed by atoms with E-state index in [1.54, 1.807) is 12.3 Å². The minimum absolute atomic E-state index is 0.135. The Balaban J connectivity index is 2.23. The van der Waals surface area contributed by atoms with Gasteiger partial charge in [0.15, 0.2) is 0 Å². The number of ether oxygens (including phenoxy) is 1. The predicted octanol–water partition coefficient (Wildman–Crippen LogP) is 0.829. The van der Waals surface area contributed by atoms with Gasteiger partial charge in [-0.05, 0) is 25.0 Å². The molecule has 1 N–H and O–H groups in total. The lowest BCUT2D eigenvalue weighted by atomic mass is 10.2. The van der Waals surface area contributed by atoms with Crippen LogP contribution in [0, 0.1) is 0 Å². The average molecular weight is 236 g/mol. The maximum absolute atomic E-state index is 11.4. The standard InChI is InChI=1S/C12H16N2O3/c1-17-12(16)11-7-9(4-5-13-11)14-6-2-3-10(14)8-15/h4-5,7,10,15H,2-3,6,8H2,1H3.